The number of pyridine rings is 1. The van der Waals surface area contributed by atoms with Crippen molar-refractivity contribution in [1.82, 2.24) is 25.0 Å². The van der Waals surface area contributed by atoms with Crippen molar-refractivity contribution in [2.24, 2.45) is 0 Å². The van der Waals surface area contributed by atoms with E-state index < -0.39 is 0 Å². The number of fused-ring (bicyclic) bond motifs is 2. The minimum Gasteiger partial charge on any atom is -0.337 e. The number of hydrogen-bond acceptors (Lipinski definition) is 4. The van der Waals surface area contributed by atoms with Crippen LogP contribution in [0.1, 0.15) is 44.3 Å². The third-order valence-electron chi connectivity index (χ3n) is 4.77. The van der Waals surface area contributed by atoms with Crippen molar-refractivity contribution in [2.45, 2.75) is 38.6 Å². The van der Waals surface area contributed by atoms with Crippen LogP contribution in [0.3, 0.4) is 0 Å². The van der Waals surface area contributed by atoms with Gasteiger partial charge in [-0.05, 0) is 57.0 Å². The van der Waals surface area contributed by atoms with E-state index in [0.29, 0.717) is 12.0 Å². The van der Waals surface area contributed by atoms with Crippen LogP contribution in [0.5, 0.6) is 0 Å². The highest BCUT2D eigenvalue weighted by Crippen LogP contribution is 2.43. The second kappa shape index (κ2) is 5.31. The normalized spacial score (nSPS) is 14.7. The standard InChI is InChI=1S/C19H20N6/c1-11(2)25-16-10-13(7-8-14(16)17(24-25)12-5-6-12)21-19-18-15(22-23-19)4-3-9-20-18/h3-4,7-12H,5-6H2,1-2H3,(H2,21,22,23). The third kappa shape index (κ3) is 2.36. The van der Waals surface area contributed by atoms with Gasteiger partial charge >= 0.3 is 0 Å². The van der Waals surface area contributed by atoms with Crippen molar-refractivity contribution in [1.29, 1.82) is 0 Å². The molecule has 1 saturated carbocycles. The first kappa shape index (κ1) is 14.5. The van der Waals surface area contributed by atoms with Crippen molar-refractivity contribution in [3.05, 3.63) is 42.2 Å². The Kier molecular flexibility index (Phi) is 3.07. The van der Waals surface area contributed by atoms with Gasteiger partial charge in [-0.2, -0.15) is 10.2 Å². The maximum Gasteiger partial charge on any atom is 0.178 e. The van der Waals surface area contributed by atoms with E-state index in [9.17, 15) is 0 Å². The molecule has 0 radical (unpaired) electrons. The number of hydrogen-bond donors (Lipinski definition) is 2. The molecule has 5 rings (SSSR count). The Hall–Kier alpha value is -2.89. The second-order valence-corrected chi connectivity index (χ2v) is 7.03. The average molecular weight is 332 g/mol. The van der Waals surface area contributed by atoms with Crippen molar-refractivity contribution in [2.75, 3.05) is 5.32 Å². The molecule has 1 fully saturated rings. The van der Waals surface area contributed by atoms with E-state index >= 15 is 0 Å². The third-order valence-corrected chi connectivity index (χ3v) is 4.77. The van der Waals surface area contributed by atoms with Gasteiger partial charge in [-0.25, -0.2) is 0 Å². The molecule has 0 amide bonds. The first-order valence-electron chi connectivity index (χ1n) is 8.79. The van der Waals surface area contributed by atoms with E-state index in [1.54, 1.807) is 6.20 Å². The van der Waals surface area contributed by atoms with Gasteiger partial charge in [0.15, 0.2) is 5.82 Å². The molecular formula is C19H20N6. The van der Waals surface area contributed by atoms with Gasteiger partial charge in [0, 0.05) is 29.2 Å². The molecule has 1 aliphatic rings. The summed E-state index contributed by atoms with van der Waals surface area (Å²) < 4.78 is 2.13. The summed E-state index contributed by atoms with van der Waals surface area (Å²) in [5.74, 6) is 1.38. The highest BCUT2D eigenvalue weighted by atomic mass is 15.3. The lowest BCUT2D eigenvalue weighted by Crippen LogP contribution is -2.03. The highest BCUT2D eigenvalue weighted by Gasteiger charge is 2.29. The average Bonchev–Trinajstić information content (AvgIpc) is 3.27. The summed E-state index contributed by atoms with van der Waals surface area (Å²) in [5.41, 5.74) is 5.19. The van der Waals surface area contributed by atoms with Crippen molar-refractivity contribution >= 4 is 33.4 Å². The quantitative estimate of drug-likeness (QED) is 0.577. The highest BCUT2D eigenvalue weighted by molar-refractivity contribution is 5.90. The largest absolute Gasteiger partial charge is 0.337 e. The van der Waals surface area contributed by atoms with Crippen molar-refractivity contribution in [3.8, 4) is 0 Å². The van der Waals surface area contributed by atoms with Gasteiger partial charge in [0.05, 0.1) is 16.7 Å². The molecule has 4 aromatic rings. The molecule has 1 aliphatic carbocycles. The Morgan fingerprint density at radius 1 is 1.24 bits per heavy atom. The molecule has 25 heavy (non-hydrogen) atoms. The predicted octanol–water partition coefficient (Wildman–Crippen LogP) is 4.51. The molecule has 0 spiro atoms. The number of benzene rings is 1. The fourth-order valence-electron chi connectivity index (χ4n) is 3.37. The van der Waals surface area contributed by atoms with Crippen LogP contribution in [0.15, 0.2) is 36.5 Å². The summed E-state index contributed by atoms with van der Waals surface area (Å²) in [6.45, 7) is 4.35. The molecule has 0 aliphatic heterocycles. The van der Waals surface area contributed by atoms with Crippen LogP contribution >= 0.6 is 0 Å². The molecule has 0 atom stereocenters. The fraction of sp³-hybridized carbons (Fsp3) is 0.316. The van der Waals surface area contributed by atoms with Crippen LogP contribution in [0.25, 0.3) is 21.9 Å². The van der Waals surface area contributed by atoms with Crippen LogP contribution in [-0.4, -0.2) is 25.0 Å². The first-order chi connectivity index (χ1) is 12.2. The van der Waals surface area contributed by atoms with Gasteiger partial charge < -0.3 is 5.32 Å². The number of H-pyrrole nitrogens is 1. The van der Waals surface area contributed by atoms with Crippen molar-refractivity contribution < 1.29 is 0 Å². The Labute approximate surface area is 145 Å². The van der Waals surface area contributed by atoms with E-state index in [2.05, 4.69) is 57.2 Å². The molecule has 2 N–H and O–H groups in total. The predicted molar refractivity (Wildman–Crippen MR) is 99.3 cm³/mol. The zero-order valence-corrected chi connectivity index (χ0v) is 14.3. The second-order valence-electron chi connectivity index (χ2n) is 7.03. The summed E-state index contributed by atoms with van der Waals surface area (Å²) in [4.78, 5) is 4.41. The molecule has 126 valence electrons. The Bertz CT molecular complexity index is 1070. The Balaban J connectivity index is 1.59. The Morgan fingerprint density at radius 3 is 2.92 bits per heavy atom. The number of aromatic amines is 1. The lowest BCUT2D eigenvalue weighted by molar-refractivity contribution is 0.544. The monoisotopic (exact) mass is 332 g/mol. The fourth-order valence-corrected chi connectivity index (χ4v) is 3.37. The smallest absolute Gasteiger partial charge is 0.178 e. The molecule has 6 nitrogen and oxygen atoms in total. The molecule has 0 saturated heterocycles. The summed E-state index contributed by atoms with van der Waals surface area (Å²) in [6.07, 6.45) is 4.30. The topological polar surface area (TPSA) is 71.4 Å². The van der Waals surface area contributed by atoms with E-state index in [0.717, 1.165) is 22.5 Å². The number of anilines is 2. The van der Waals surface area contributed by atoms with Crippen LogP contribution in [0, 0.1) is 0 Å². The SMILES string of the molecule is CC(C)n1nc(C2CC2)c2ccc(Nc3n[nH]c4cccnc34)cc21. The Morgan fingerprint density at radius 2 is 2.12 bits per heavy atom. The van der Waals surface area contributed by atoms with E-state index in [1.165, 1.54) is 29.4 Å². The van der Waals surface area contributed by atoms with Crippen LogP contribution in [-0.2, 0) is 0 Å². The van der Waals surface area contributed by atoms with Gasteiger partial charge in [0.2, 0.25) is 0 Å². The number of aromatic nitrogens is 5. The minimum atomic E-state index is 0.332. The molecule has 0 unspecified atom stereocenters. The van der Waals surface area contributed by atoms with E-state index in [4.69, 9.17) is 5.10 Å². The van der Waals surface area contributed by atoms with Gasteiger partial charge in [-0.15, -0.1) is 0 Å². The maximum absolute atomic E-state index is 4.89. The summed E-state index contributed by atoms with van der Waals surface area (Å²) in [7, 11) is 0. The van der Waals surface area contributed by atoms with Gasteiger partial charge in [0.1, 0.15) is 5.52 Å². The molecule has 3 heterocycles. The van der Waals surface area contributed by atoms with E-state index in [-0.39, 0.29) is 0 Å². The molecular weight excluding hydrogens is 312 g/mol. The van der Waals surface area contributed by atoms with Gasteiger partial charge in [-0.1, -0.05) is 0 Å². The van der Waals surface area contributed by atoms with E-state index in [1.807, 2.05) is 12.1 Å². The molecule has 0 bridgehead atoms. The van der Waals surface area contributed by atoms with Gasteiger partial charge in [-0.3, -0.25) is 14.8 Å². The molecule has 1 aromatic carbocycles. The first-order valence-corrected chi connectivity index (χ1v) is 8.79. The summed E-state index contributed by atoms with van der Waals surface area (Å²) in [5, 5.41) is 16.9. The van der Waals surface area contributed by atoms with Crippen molar-refractivity contribution in [3.63, 3.8) is 0 Å². The summed E-state index contributed by atoms with van der Waals surface area (Å²) >= 11 is 0. The molecule has 6 heteroatoms. The van der Waals surface area contributed by atoms with Crippen LogP contribution < -0.4 is 5.32 Å². The molecule has 3 aromatic heterocycles. The number of nitrogens with zero attached hydrogens (tertiary/aromatic N) is 4. The number of rotatable bonds is 4. The minimum absolute atomic E-state index is 0.332. The van der Waals surface area contributed by atoms with Gasteiger partial charge in [0.25, 0.3) is 0 Å². The zero-order chi connectivity index (χ0) is 17.0. The van der Waals surface area contributed by atoms with Crippen LogP contribution in [0.2, 0.25) is 0 Å². The lowest BCUT2D eigenvalue weighted by Gasteiger charge is -2.08. The maximum atomic E-state index is 4.89. The summed E-state index contributed by atoms with van der Waals surface area (Å²) in [6, 6.07) is 10.6. The van der Waals surface area contributed by atoms with Crippen LogP contribution in [0.4, 0.5) is 11.5 Å². The lowest BCUT2D eigenvalue weighted by atomic mass is 10.1. The number of nitrogens with one attached hydrogen (secondary N) is 2. The zero-order valence-electron chi connectivity index (χ0n) is 14.3.